The molecule has 0 aliphatic rings. The van der Waals surface area contributed by atoms with Gasteiger partial charge in [-0.2, -0.15) is 4.91 Å². The summed E-state index contributed by atoms with van der Waals surface area (Å²) >= 11 is 0. The fraction of sp³-hybridized carbons (Fsp3) is 0.263. The topological polar surface area (TPSA) is 136 Å². The Morgan fingerprint density at radius 3 is 2.83 bits per heavy atom. The number of nitroso groups, excluding NO2 is 1. The molecule has 10 nitrogen and oxygen atoms in total. The third-order valence-corrected chi connectivity index (χ3v) is 4.47. The number of nitrogens with two attached hydrogens (primary N) is 1. The first kappa shape index (κ1) is 21.1. The van der Waals surface area contributed by atoms with Crippen LogP contribution in [0.5, 0.6) is 0 Å². The SMILES string of the molecule is C[C@H](N=O)[C@H](CON)Nc1nccc(-c2c(-c3ccc(F)cc3)[nH]occn2C)n1. The van der Waals surface area contributed by atoms with Gasteiger partial charge in [0.15, 0.2) is 0 Å². The molecule has 0 aliphatic carbocycles. The molecule has 3 rings (SSSR count). The van der Waals surface area contributed by atoms with Gasteiger partial charge >= 0.3 is 0 Å². The Labute approximate surface area is 171 Å². The molecule has 4 N–H and O–H groups in total. The molecule has 158 valence electrons. The first-order chi connectivity index (χ1) is 14.5. The smallest absolute Gasteiger partial charge is 0.223 e. The number of halogens is 1. The van der Waals surface area contributed by atoms with Crippen molar-refractivity contribution >= 4 is 5.95 Å². The number of rotatable bonds is 8. The maximum Gasteiger partial charge on any atom is 0.223 e. The Bertz CT molecular complexity index is 1030. The highest BCUT2D eigenvalue weighted by atomic mass is 19.1. The highest BCUT2D eigenvalue weighted by molar-refractivity contribution is 5.75. The van der Waals surface area contributed by atoms with E-state index < -0.39 is 12.1 Å². The minimum Gasteiger partial charge on any atom is -0.388 e. The molecule has 0 radical (unpaired) electrons. The maximum atomic E-state index is 13.4. The van der Waals surface area contributed by atoms with Gasteiger partial charge in [0.05, 0.1) is 24.0 Å². The number of aromatic amines is 1. The van der Waals surface area contributed by atoms with Crippen molar-refractivity contribution in [2.24, 2.45) is 18.1 Å². The summed E-state index contributed by atoms with van der Waals surface area (Å²) in [7, 11) is 1.82. The number of benzene rings is 1. The van der Waals surface area contributed by atoms with E-state index in [2.05, 4.69) is 30.5 Å². The van der Waals surface area contributed by atoms with E-state index in [1.165, 1.54) is 18.4 Å². The second kappa shape index (κ2) is 9.76. The van der Waals surface area contributed by atoms with Crippen molar-refractivity contribution in [2.45, 2.75) is 19.0 Å². The zero-order valence-electron chi connectivity index (χ0n) is 16.4. The van der Waals surface area contributed by atoms with Crippen molar-refractivity contribution in [2.75, 3.05) is 11.9 Å². The molecular weight excluding hydrogens is 393 g/mol. The fourth-order valence-electron chi connectivity index (χ4n) is 2.84. The van der Waals surface area contributed by atoms with Crippen LogP contribution in [-0.4, -0.2) is 38.4 Å². The maximum absolute atomic E-state index is 13.4. The largest absolute Gasteiger partial charge is 0.388 e. The standard InChI is InChI=1S/C19H22FN7O3/c1-12(25-28)16(11-29-21)24-19-22-8-7-15(23-19)18-17(26-30-10-9-27(18)2)13-3-5-14(20)6-4-13/h3-10,12,16,26H,11,21H2,1-2H3,(H,22,23,24)/t12-,16-/m0/s1. The summed E-state index contributed by atoms with van der Waals surface area (Å²) in [6.07, 6.45) is 4.75. The van der Waals surface area contributed by atoms with Crippen molar-refractivity contribution in [1.82, 2.24) is 19.7 Å². The van der Waals surface area contributed by atoms with Crippen LogP contribution in [0.15, 0.2) is 58.7 Å². The fourth-order valence-corrected chi connectivity index (χ4v) is 2.84. The Kier molecular flexibility index (Phi) is 6.88. The average molecular weight is 415 g/mol. The van der Waals surface area contributed by atoms with Gasteiger partial charge in [0.25, 0.3) is 0 Å². The van der Waals surface area contributed by atoms with Crippen LogP contribution < -0.4 is 11.2 Å². The first-order valence-corrected chi connectivity index (χ1v) is 9.09. The molecule has 0 fully saturated rings. The molecule has 0 saturated carbocycles. The number of nitrogens with zero attached hydrogens (tertiary/aromatic N) is 4. The minimum absolute atomic E-state index is 0.0437. The molecule has 30 heavy (non-hydrogen) atoms. The van der Waals surface area contributed by atoms with Crippen LogP contribution in [0.2, 0.25) is 0 Å². The van der Waals surface area contributed by atoms with Gasteiger partial charge < -0.3 is 19.2 Å². The molecule has 1 aromatic carbocycles. The van der Waals surface area contributed by atoms with Crippen molar-refractivity contribution in [3.8, 4) is 22.6 Å². The number of nitrogens with one attached hydrogen (secondary N) is 2. The molecule has 0 saturated heterocycles. The van der Waals surface area contributed by atoms with Gasteiger partial charge in [-0.1, -0.05) is 5.18 Å². The molecule has 0 bridgehead atoms. The Morgan fingerprint density at radius 1 is 1.37 bits per heavy atom. The van der Waals surface area contributed by atoms with E-state index in [-0.39, 0.29) is 18.4 Å². The number of hydrogen-bond donors (Lipinski definition) is 3. The van der Waals surface area contributed by atoms with E-state index in [0.29, 0.717) is 22.6 Å². The van der Waals surface area contributed by atoms with Gasteiger partial charge in [-0.25, -0.2) is 25.4 Å². The average Bonchev–Trinajstić information content (AvgIpc) is 2.95. The van der Waals surface area contributed by atoms with Gasteiger partial charge in [-0.3, -0.25) is 0 Å². The summed E-state index contributed by atoms with van der Waals surface area (Å²) in [5.41, 5.74) is 2.49. The van der Waals surface area contributed by atoms with Gasteiger partial charge in [-0.05, 0) is 37.3 Å². The third-order valence-electron chi connectivity index (χ3n) is 4.47. The predicted octanol–water partition coefficient (Wildman–Crippen LogP) is 3.16. The van der Waals surface area contributed by atoms with Crippen molar-refractivity contribution in [1.29, 1.82) is 0 Å². The number of hydrogen-bond acceptors (Lipinski definition) is 8. The zero-order valence-corrected chi connectivity index (χ0v) is 16.4. The Balaban J connectivity index is 2.06. The van der Waals surface area contributed by atoms with Gasteiger partial charge in [0, 0.05) is 25.0 Å². The number of aromatic nitrogens is 4. The van der Waals surface area contributed by atoms with Crippen molar-refractivity contribution in [3.63, 3.8) is 0 Å². The molecule has 11 heteroatoms. The number of aryl methyl sites for hydroxylation is 1. The normalized spacial score (nSPS) is 12.8. The van der Waals surface area contributed by atoms with Crippen molar-refractivity contribution < 1.29 is 13.8 Å². The summed E-state index contributed by atoms with van der Waals surface area (Å²) in [5, 5.41) is 8.89. The Hall–Kier alpha value is -3.57. The van der Waals surface area contributed by atoms with Crippen LogP contribution in [0.25, 0.3) is 22.6 Å². The molecule has 2 heterocycles. The molecule has 3 aromatic rings. The van der Waals surface area contributed by atoms with Crippen molar-refractivity contribution in [3.05, 3.63) is 59.7 Å². The van der Waals surface area contributed by atoms with Gasteiger partial charge in [0.2, 0.25) is 5.95 Å². The summed E-state index contributed by atoms with van der Waals surface area (Å²) in [4.78, 5) is 24.4. The summed E-state index contributed by atoms with van der Waals surface area (Å²) < 4.78 is 20.5. The lowest BCUT2D eigenvalue weighted by Gasteiger charge is -2.19. The van der Waals surface area contributed by atoms with Gasteiger partial charge in [0.1, 0.15) is 23.8 Å². The highest BCUT2D eigenvalue weighted by Crippen LogP contribution is 2.28. The second-order valence-corrected chi connectivity index (χ2v) is 6.54. The second-order valence-electron chi connectivity index (χ2n) is 6.54. The van der Waals surface area contributed by atoms with E-state index in [9.17, 15) is 9.30 Å². The van der Waals surface area contributed by atoms with E-state index in [1.54, 1.807) is 42.1 Å². The van der Waals surface area contributed by atoms with Crippen LogP contribution in [0.3, 0.4) is 0 Å². The van der Waals surface area contributed by atoms with Crippen LogP contribution in [0, 0.1) is 10.7 Å². The zero-order chi connectivity index (χ0) is 21.5. The van der Waals surface area contributed by atoms with E-state index in [1.807, 2.05) is 7.05 Å². The van der Waals surface area contributed by atoms with Crippen LogP contribution in [0.4, 0.5) is 10.3 Å². The van der Waals surface area contributed by atoms with Crippen LogP contribution in [0.1, 0.15) is 6.92 Å². The van der Waals surface area contributed by atoms with Crippen LogP contribution in [-0.2, 0) is 11.9 Å². The van der Waals surface area contributed by atoms with E-state index >= 15 is 0 Å². The summed E-state index contributed by atoms with van der Waals surface area (Å²) in [6.45, 7) is 1.68. The van der Waals surface area contributed by atoms with E-state index in [0.717, 1.165) is 0 Å². The molecule has 0 spiro atoms. The molecule has 0 unspecified atom stereocenters. The molecule has 2 aromatic heterocycles. The highest BCUT2D eigenvalue weighted by Gasteiger charge is 2.20. The molecule has 0 amide bonds. The Morgan fingerprint density at radius 2 is 2.13 bits per heavy atom. The van der Waals surface area contributed by atoms with E-state index in [4.69, 9.17) is 10.4 Å². The monoisotopic (exact) mass is 415 g/mol. The predicted molar refractivity (Wildman–Crippen MR) is 109 cm³/mol. The molecule has 2 atom stereocenters. The quantitative estimate of drug-likeness (QED) is 0.380. The van der Waals surface area contributed by atoms with Crippen LogP contribution >= 0.6 is 0 Å². The number of anilines is 1. The minimum atomic E-state index is -0.617. The third kappa shape index (κ3) is 4.88. The molecule has 0 aliphatic heterocycles. The molecular formula is C19H22FN7O3. The lowest BCUT2D eigenvalue weighted by atomic mass is 10.1. The summed E-state index contributed by atoms with van der Waals surface area (Å²) in [6, 6.07) is 6.57. The summed E-state index contributed by atoms with van der Waals surface area (Å²) in [5.74, 6) is 5.07. The number of H-pyrrole nitrogens is 1. The lowest BCUT2D eigenvalue weighted by molar-refractivity contribution is 0.123. The first-order valence-electron chi connectivity index (χ1n) is 9.09. The van der Waals surface area contributed by atoms with Gasteiger partial charge in [-0.15, -0.1) is 0 Å². The lowest BCUT2D eigenvalue weighted by Crippen LogP contribution is -2.36.